The van der Waals surface area contributed by atoms with Crippen LogP contribution < -0.4 is 17.0 Å². The molecule has 1 aromatic heterocycles. The van der Waals surface area contributed by atoms with Crippen LogP contribution in [0.25, 0.3) is 6.08 Å². The fourth-order valence-electron chi connectivity index (χ4n) is 1.20. The highest BCUT2D eigenvalue weighted by molar-refractivity contribution is 5.46. The van der Waals surface area contributed by atoms with Gasteiger partial charge in [0.25, 0.3) is 5.56 Å². The van der Waals surface area contributed by atoms with Gasteiger partial charge in [-0.15, -0.1) is 0 Å². The first kappa shape index (κ1) is 11.5. The molecule has 3 N–H and O–H groups in total. The third kappa shape index (κ3) is 2.66. The summed E-state index contributed by atoms with van der Waals surface area (Å²) in [5.74, 6) is 0. The van der Waals surface area contributed by atoms with Crippen LogP contribution in [0.2, 0.25) is 0 Å². The van der Waals surface area contributed by atoms with Crippen molar-refractivity contribution in [1.82, 2.24) is 9.55 Å². The Bertz CT molecular complexity index is 468. The summed E-state index contributed by atoms with van der Waals surface area (Å²) in [7, 11) is 0. The molecule has 82 valence electrons. The summed E-state index contributed by atoms with van der Waals surface area (Å²) >= 11 is 0. The van der Waals surface area contributed by atoms with Gasteiger partial charge in [0.05, 0.1) is 5.56 Å². The fraction of sp³-hybridized carbons (Fsp3) is 0.400. The monoisotopic (exact) mass is 209 g/mol. The lowest BCUT2D eigenvalue weighted by Crippen LogP contribution is -2.31. The van der Waals surface area contributed by atoms with Gasteiger partial charge in [-0.2, -0.15) is 0 Å². The van der Waals surface area contributed by atoms with Crippen LogP contribution in [0.5, 0.6) is 0 Å². The lowest BCUT2D eigenvalue weighted by molar-refractivity contribution is 0.560. The zero-order valence-electron chi connectivity index (χ0n) is 8.86. The highest BCUT2D eigenvalue weighted by atomic mass is 16.2. The van der Waals surface area contributed by atoms with Gasteiger partial charge < -0.3 is 5.73 Å². The molecule has 0 unspecified atom stereocenters. The minimum absolute atomic E-state index is 0.0133. The largest absolute Gasteiger partial charge is 0.328 e. The minimum atomic E-state index is -0.389. The summed E-state index contributed by atoms with van der Waals surface area (Å²) in [6.45, 7) is 4.10. The predicted molar refractivity (Wildman–Crippen MR) is 59.8 cm³/mol. The van der Waals surface area contributed by atoms with Gasteiger partial charge in [0, 0.05) is 18.8 Å². The molecule has 0 aliphatic heterocycles. The van der Waals surface area contributed by atoms with E-state index in [0.29, 0.717) is 12.1 Å². The molecule has 15 heavy (non-hydrogen) atoms. The average molecular weight is 209 g/mol. The Morgan fingerprint density at radius 1 is 1.53 bits per heavy atom. The molecule has 0 radical (unpaired) electrons. The predicted octanol–water partition coefficient (Wildman–Crippen LogP) is 0.0894. The van der Waals surface area contributed by atoms with Gasteiger partial charge in [-0.25, -0.2) is 4.79 Å². The summed E-state index contributed by atoms with van der Waals surface area (Å²) < 4.78 is 1.47. The maximum Gasteiger partial charge on any atom is 0.328 e. The van der Waals surface area contributed by atoms with Crippen molar-refractivity contribution in [3.05, 3.63) is 38.7 Å². The lowest BCUT2D eigenvalue weighted by Gasteiger charge is -2.08. The van der Waals surface area contributed by atoms with Crippen molar-refractivity contribution in [2.24, 2.45) is 5.73 Å². The number of nitrogens with two attached hydrogens (primary N) is 1. The number of aromatic nitrogens is 2. The SMILES string of the molecule is CC(C)n1cc(/C=C/CN)c(=O)[nH]c1=O. The molecule has 0 saturated carbocycles. The Morgan fingerprint density at radius 3 is 2.73 bits per heavy atom. The van der Waals surface area contributed by atoms with Crippen LogP contribution in [0, 0.1) is 0 Å². The zero-order chi connectivity index (χ0) is 11.4. The third-order valence-corrected chi connectivity index (χ3v) is 1.99. The third-order valence-electron chi connectivity index (χ3n) is 1.99. The molecule has 0 spiro atoms. The zero-order valence-corrected chi connectivity index (χ0v) is 8.86. The van der Waals surface area contributed by atoms with E-state index < -0.39 is 0 Å². The van der Waals surface area contributed by atoms with Gasteiger partial charge in [-0.05, 0) is 13.8 Å². The summed E-state index contributed by atoms with van der Waals surface area (Å²) in [6.07, 6.45) is 4.81. The Labute approximate surface area is 87.2 Å². The summed E-state index contributed by atoms with van der Waals surface area (Å²) in [5.41, 5.74) is 4.95. The van der Waals surface area contributed by atoms with Crippen LogP contribution in [0.4, 0.5) is 0 Å². The molecule has 1 rings (SSSR count). The van der Waals surface area contributed by atoms with E-state index in [4.69, 9.17) is 5.73 Å². The van der Waals surface area contributed by atoms with Gasteiger partial charge in [0.1, 0.15) is 0 Å². The van der Waals surface area contributed by atoms with Gasteiger partial charge in [-0.1, -0.05) is 12.2 Å². The standard InChI is InChI=1S/C10H15N3O2/c1-7(2)13-6-8(4-3-5-11)9(14)12-10(13)15/h3-4,6-7H,5,11H2,1-2H3,(H,12,14,15)/b4-3+. The first-order chi connectivity index (χ1) is 7.06. The van der Waals surface area contributed by atoms with Gasteiger partial charge in [-0.3, -0.25) is 14.3 Å². The van der Waals surface area contributed by atoms with E-state index >= 15 is 0 Å². The van der Waals surface area contributed by atoms with Crippen LogP contribution in [0.3, 0.4) is 0 Å². The van der Waals surface area contributed by atoms with Crippen LogP contribution in [0.15, 0.2) is 21.9 Å². The molecule has 0 amide bonds. The summed E-state index contributed by atoms with van der Waals surface area (Å²) in [4.78, 5) is 25.0. The Kier molecular flexibility index (Phi) is 3.62. The number of H-pyrrole nitrogens is 1. The Morgan fingerprint density at radius 2 is 2.20 bits per heavy atom. The number of nitrogens with one attached hydrogen (secondary N) is 1. The molecule has 0 aliphatic carbocycles. The van der Waals surface area contributed by atoms with E-state index in [1.54, 1.807) is 12.2 Å². The second-order valence-corrected chi connectivity index (χ2v) is 3.48. The van der Waals surface area contributed by atoms with Crippen molar-refractivity contribution in [2.45, 2.75) is 19.9 Å². The minimum Gasteiger partial charge on any atom is -0.327 e. The van der Waals surface area contributed by atoms with Crippen LogP contribution in [-0.2, 0) is 0 Å². The molecule has 1 aromatic rings. The van der Waals surface area contributed by atoms with E-state index in [0.717, 1.165) is 0 Å². The smallest absolute Gasteiger partial charge is 0.327 e. The van der Waals surface area contributed by atoms with Gasteiger partial charge in [0.15, 0.2) is 0 Å². The first-order valence-electron chi connectivity index (χ1n) is 4.78. The van der Waals surface area contributed by atoms with Crippen molar-refractivity contribution in [2.75, 3.05) is 6.54 Å². The Hall–Kier alpha value is -1.62. The maximum atomic E-state index is 11.4. The van der Waals surface area contributed by atoms with Crippen molar-refractivity contribution in [3.8, 4) is 0 Å². The number of nitrogens with zero attached hydrogens (tertiary/aromatic N) is 1. The quantitative estimate of drug-likeness (QED) is 0.740. The van der Waals surface area contributed by atoms with E-state index in [9.17, 15) is 9.59 Å². The highest BCUT2D eigenvalue weighted by Gasteiger charge is 2.04. The lowest BCUT2D eigenvalue weighted by atomic mass is 10.3. The molecular weight excluding hydrogens is 194 g/mol. The van der Waals surface area contributed by atoms with E-state index in [1.807, 2.05) is 13.8 Å². The van der Waals surface area contributed by atoms with Crippen molar-refractivity contribution >= 4 is 6.08 Å². The van der Waals surface area contributed by atoms with Gasteiger partial charge in [0.2, 0.25) is 0 Å². The van der Waals surface area contributed by atoms with E-state index in [1.165, 1.54) is 10.8 Å². The number of rotatable bonds is 3. The van der Waals surface area contributed by atoms with E-state index in [2.05, 4.69) is 4.98 Å². The van der Waals surface area contributed by atoms with Crippen LogP contribution >= 0.6 is 0 Å². The molecule has 5 heteroatoms. The van der Waals surface area contributed by atoms with Crippen molar-refractivity contribution < 1.29 is 0 Å². The maximum absolute atomic E-state index is 11.4. The molecule has 5 nitrogen and oxygen atoms in total. The van der Waals surface area contributed by atoms with E-state index in [-0.39, 0.29) is 17.3 Å². The number of aromatic amines is 1. The van der Waals surface area contributed by atoms with Crippen LogP contribution in [0.1, 0.15) is 25.5 Å². The summed E-state index contributed by atoms with van der Waals surface area (Å²) in [6, 6.07) is 0.0133. The fourth-order valence-corrected chi connectivity index (χ4v) is 1.20. The second kappa shape index (κ2) is 4.75. The molecule has 0 saturated heterocycles. The molecule has 0 aromatic carbocycles. The molecule has 0 atom stereocenters. The second-order valence-electron chi connectivity index (χ2n) is 3.48. The average Bonchev–Trinajstić information content (AvgIpc) is 2.16. The van der Waals surface area contributed by atoms with Crippen LogP contribution in [-0.4, -0.2) is 16.1 Å². The summed E-state index contributed by atoms with van der Waals surface area (Å²) in [5, 5.41) is 0. The molecule has 0 fully saturated rings. The number of hydrogen-bond acceptors (Lipinski definition) is 3. The normalized spacial score (nSPS) is 11.5. The molecule has 0 aliphatic rings. The van der Waals surface area contributed by atoms with Gasteiger partial charge >= 0.3 is 5.69 Å². The molecule has 0 bridgehead atoms. The molecular formula is C10H15N3O2. The number of hydrogen-bond donors (Lipinski definition) is 2. The molecule has 1 heterocycles. The van der Waals surface area contributed by atoms with Crippen molar-refractivity contribution in [1.29, 1.82) is 0 Å². The topological polar surface area (TPSA) is 80.9 Å². The highest BCUT2D eigenvalue weighted by Crippen LogP contribution is 2.00. The Balaban J connectivity index is 3.30. The first-order valence-corrected chi connectivity index (χ1v) is 4.78. The van der Waals surface area contributed by atoms with Crippen molar-refractivity contribution in [3.63, 3.8) is 0 Å².